The molecule has 2 fully saturated rings. The second kappa shape index (κ2) is 2.57. The van der Waals surface area contributed by atoms with Crippen molar-refractivity contribution in [1.29, 1.82) is 0 Å². The van der Waals surface area contributed by atoms with Crippen LogP contribution in [0.5, 0.6) is 0 Å². The molecule has 2 aliphatic rings. The van der Waals surface area contributed by atoms with Crippen molar-refractivity contribution in [3.8, 4) is 0 Å². The minimum absolute atomic E-state index is 0.218. The van der Waals surface area contributed by atoms with Crippen LogP contribution in [0, 0.1) is 0 Å². The first kappa shape index (κ1) is 8.27. The van der Waals surface area contributed by atoms with E-state index in [1.165, 1.54) is 12.8 Å². The number of aliphatic hydroxyl groups excluding tert-OH is 1. The highest BCUT2D eigenvalue weighted by atomic mass is 16.6. The third-order valence-corrected chi connectivity index (χ3v) is 3.06. The Labute approximate surface area is 73.2 Å². The van der Waals surface area contributed by atoms with E-state index in [1.807, 2.05) is 6.92 Å². The summed E-state index contributed by atoms with van der Waals surface area (Å²) >= 11 is 0. The summed E-state index contributed by atoms with van der Waals surface area (Å²) in [5.41, 5.74) is 0.615. The lowest BCUT2D eigenvalue weighted by molar-refractivity contribution is 0.0954. The zero-order chi connectivity index (χ0) is 8.77. The summed E-state index contributed by atoms with van der Waals surface area (Å²) in [5, 5.41) is 9.83. The molecule has 1 saturated carbocycles. The zero-order valence-corrected chi connectivity index (χ0v) is 7.55. The summed E-state index contributed by atoms with van der Waals surface area (Å²) < 4.78 is 5.58. The topological polar surface area (TPSA) is 32.8 Å². The summed E-state index contributed by atoms with van der Waals surface area (Å²) in [4.78, 5) is 0. The maximum absolute atomic E-state index is 9.83. The lowest BCUT2D eigenvalue weighted by Crippen LogP contribution is -2.34. The molecule has 1 saturated heterocycles. The molecule has 12 heavy (non-hydrogen) atoms. The molecule has 1 unspecified atom stereocenters. The lowest BCUT2D eigenvalue weighted by atomic mass is 9.83. The van der Waals surface area contributed by atoms with Gasteiger partial charge in [0.1, 0.15) is 11.7 Å². The third kappa shape index (κ3) is 1.02. The summed E-state index contributed by atoms with van der Waals surface area (Å²) in [7, 11) is 0. The predicted octanol–water partition coefficient (Wildman–Crippen LogP) is 1.64. The number of aliphatic hydroxyl groups is 1. The fourth-order valence-electron chi connectivity index (χ4n) is 2.28. The quantitative estimate of drug-likeness (QED) is 0.502. The highest BCUT2D eigenvalue weighted by Gasteiger charge is 2.61. The number of hydrogen-bond donors (Lipinski definition) is 1. The Kier molecular flexibility index (Phi) is 1.77. The Bertz CT molecular complexity index is 212. The van der Waals surface area contributed by atoms with Gasteiger partial charge in [-0.15, -0.1) is 0 Å². The van der Waals surface area contributed by atoms with E-state index in [0.717, 1.165) is 18.4 Å². The molecule has 0 amide bonds. The van der Waals surface area contributed by atoms with Crippen LogP contribution in [0.2, 0.25) is 0 Å². The second-order valence-corrected chi connectivity index (χ2v) is 4.06. The number of fused-ring (bicyclic) bond motifs is 1. The van der Waals surface area contributed by atoms with E-state index in [2.05, 4.69) is 6.58 Å². The standard InChI is InChI=1S/C10H16O2/c1-7(2)9(11)10-6-4-3-5-8(10)12-10/h8-9,11H,1,3-6H2,2H3/t8-,9?,10+/m0/s1. The van der Waals surface area contributed by atoms with Crippen molar-refractivity contribution >= 4 is 0 Å². The maximum Gasteiger partial charge on any atom is 0.124 e. The number of rotatable bonds is 2. The van der Waals surface area contributed by atoms with Crippen LogP contribution in [0.3, 0.4) is 0 Å². The van der Waals surface area contributed by atoms with E-state index >= 15 is 0 Å². The van der Waals surface area contributed by atoms with Crippen LogP contribution in [0.4, 0.5) is 0 Å². The predicted molar refractivity (Wildman–Crippen MR) is 46.9 cm³/mol. The third-order valence-electron chi connectivity index (χ3n) is 3.06. The zero-order valence-electron chi connectivity index (χ0n) is 7.55. The number of ether oxygens (including phenoxy) is 1. The molecule has 0 bridgehead atoms. The molecule has 2 nitrogen and oxygen atoms in total. The van der Waals surface area contributed by atoms with Gasteiger partial charge in [-0.3, -0.25) is 0 Å². The van der Waals surface area contributed by atoms with Gasteiger partial charge in [0.2, 0.25) is 0 Å². The molecule has 0 aromatic heterocycles. The largest absolute Gasteiger partial charge is 0.386 e. The maximum atomic E-state index is 9.83. The van der Waals surface area contributed by atoms with Crippen LogP contribution in [-0.4, -0.2) is 22.9 Å². The molecular weight excluding hydrogens is 152 g/mol. The molecular formula is C10H16O2. The van der Waals surface area contributed by atoms with Crippen molar-refractivity contribution < 1.29 is 9.84 Å². The summed E-state index contributed by atoms with van der Waals surface area (Å²) in [6.45, 7) is 5.64. The van der Waals surface area contributed by atoms with Gasteiger partial charge in [-0.25, -0.2) is 0 Å². The van der Waals surface area contributed by atoms with Gasteiger partial charge < -0.3 is 9.84 Å². The first-order valence-electron chi connectivity index (χ1n) is 4.68. The van der Waals surface area contributed by atoms with Crippen molar-refractivity contribution in [2.45, 2.75) is 50.4 Å². The van der Waals surface area contributed by atoms with E-state index < -0.39 is 6.10 Å². The van der Waals surface area contributed by atoms with E-state index in [9.17, 15) is 5.11 Å². The molecule has 2 heteroatoms. The Balaban J connectivity index is 2.08. The van der Waals surface area contributed by atoms with Gasteiger partial charge in [0.15, 0.2) is 0 Å². The molecule has 0 spiro atoms. The van der Waals surface area contributed by atoms with Gasteiger partial charge in [0, 0.05) is 0 Å². The first-order valence-corrected chi connectivity index (χ1v) is 4.68. The van der Waals surface area contributed by atoms with Crippen molar-refractivity contribution in [3.05, 3.63) is 12.2 Å². The smallest absolute Gasteiger partial charge is 0.124 e. The second-order valence-electron chi connectivity index (χ2n) is 4.06. The van der Waals surface area contributed by atoms with Gasteiger partial charge in [-0.2, -0.15) is 0 Å². The Morgan fingerprint density at radius 3 is 3.00 bits per heavy atom. The molecule has 0 radical (unpaired) electrons. The monoisotopic (exact) mass is 168 g/mol. The molecule has 68 valence electrons. The van der Waals surface area contributed by atoms with Crippen molar-refractivity contribution in [3.63, 3.8) is 0 Å². The van der Waals surface area contributed by atoms with Gasteiger partial charge in [-0.05, 0) is 25.3 Å². The molecule has 2 rings (SSSR count). The minimum atomic E-state index is -0.442. The Morgan fingerprint density at radius 2 is 2.42 bits per heavy atom. The van der Waals surface area contributed by atoms with Crippen LogP contribution in [-0.2, 0) is 4.74 Å². The summed E-state index contributed by atoms with van der Waals surface area (Å²) in [5.74, 6) is 0. The fourth-order valence-corrected chi connectivity index (χ4v) is 2.28. The Morgan fingerprint density at radius 1 is 1.67 bits per heavy atom. The van der Waals surface area contributed by atoms with Crippen LogP contribution in [0.1, 0.15) is 32.6 Å². The molecule has 1 aliphatic heterocycles. The van der Waals surface area contributed by atoms with Crippen LogP contribution in [0.15, 0.2) is 12.2 Å². The van der Waals surface area contributed by atoms with Crippen LogP contribution >= 0.6 is 0 Å². The van der Waals surface area contributed by atoms with Crippen molar-refractivity contribution in [2.24, 2.45) is 0 Å². The SMILES string of the molecule is C=C(C)C(O)[C@@]12CCCC[C@@H]1O2. The first-order chi connectivity index (χ1) is 5.67. The van der Waals surface area contributed by atoms with Crippen molar-refractivity contribution in [2.75, 3.05) is 0 Å². The average Bonchev–Trinajstić information content (AvgIpc) is 2.77. The van der Waals surface area contributed by atoms with Gasteiger partial charge in [0.05, 0.1) is 6.10 Å². The Hall–Kier alpha value is -0.340. The summed E-state index contributed by atoms with van der Waals surface area (Å²) in [6, 6.07) is 0. The molecule has 1 aliphatic carbocycles. The molecule has 1 heterocycles. The van der Waals surface area contributed by atoms with E-state index in [-0.39, 0.29) is 5.60 Å². The highest BCUT2D eigenvalue weighted by molar-refractivity contribution is 5.18. The lowest BCUT2D eigenvalue weighted by Gasteiger charge is -2.22. The van der Waals surface area contributed by atoms with Gasteiger partial charge in [-0.1, -0.05) is 19.4 Å². The van der Waals surface area contributed by atoms with Crippen molar-refractivity contribution in [1.82, 2.24) is 0 Å². The van der Waals surface area contributed by atoms with Crippen LogP contribution in [0.25, 0.3) is 0 Å². The highest BCUT2D eigenvalue weighted by Crippen LogP contribution is 2.51. The van der Waals surface area contributed by atoms with Crippen LogP contribution < -0.4 is 0 Å². The number of hydrogen-bond acceptors (Lipinski definition) is 2. The summed E-state index contributed by atoms with van der Waals surface area (Å²) in [6.07, 6.45) is 4.42. The normalized spacial score (nSPS) is 41.7. The minimum Gasteiger partial charge on any atom is -0.386 e. The number of epoxide rings is 1. The average molecular weight is 168 g/mol. The fraction of sp³-hybridized carbons (Fsp3) is 0.800. The molecule has 0 aromatic carbocycles. The molecule has 0 aromatic rings. The van der Waals surface area contributed by atoms with E-state index in [0.29, 0.717) is 6.10 Å². The molecule has 1 N–H and O–H groups in total. The van der Waals surface area contributed by atoms with Gasteiger partial charge >= 0.3 is 0 Å². The van der Waals surface area contributed by atoms with E-state index in [1.54, 1.807) is 0 Å². The van der Waals surface area contributed by atoms with Gasteiger partial charge in [0.25, 0.3) is 0 Å². The van der Waals surface area contributed by atoms with E-state index in [4.69, 9.17) is 4.74 Å². The molecule has 3 atom stereocenters.